The Morgan fingerprint density at radius 1 is 1.52 bits per heavy atom. The largest absolute Gasteiger partial charge is 0.495 e. The first kappa shape index (κ1) is 15.5. The number of aromatic amines is 1. The first-order valence-corrected chi connectivity index (χ1v) is 7.65. The molecule has 0 saturated heterocycles. The molecule has 0 spiro atoms. The van der Waals surface area contributed by atoms with Crippen molar-refractivity contribution in [1.29, 1.82) is 5.26 Å². The van der Waals surface area contributed by atoms with Crippen LogP contribution in [0, 0.1) is 17.1 Å². The molecule has 2 rings (SSSR count). The fraction of sp³-hybridized carbons (Fsp3) is 0.154. The van der Waals surface area contributed by atoms with E-state index in [9.17, 15) is 9.18 Å². The van der Waals surface area contributed by atoms with Gasteiger partial charge in [-0.1, -0.05) is 11.8 Å². The maximum absolute atomic E-state index is 14.2. The van der Waals surface area contributed by atoms with Crippen molar-refractivity contribution in [2.45, 2.75) is 5.16 Å². The first-order chi connectivity index (χ1) is 10.0. The molecular formula is C13H9BrFN3O2S. The standard InChI is InChI=1S/C13H9BrFN3O2S/c1-20-10-4-9(15)6(3-8(10)14)11-7(5-16)12(19)18-13(17-11)21-2/h3-4H,1-2H3,(H,17,18,19). The summed E-state index contributed by atoms with van der Waals surface area (Å²) in [5.41, 5.74) is -0.769. The van der Waals surface area contributed by atoms with Crippen LogP contribution < -0.4 is 10.3 Å². The van der Waals surface area contributed by atoms with Crippen LogP contribution in [0.2, 0.25) is 0 Å². The molecule has 0 aliphatic carbocycles. The number of aromatic nitrogens is 2. The fourth-order valence-corrected chi connectivity index (χ4v) is 2.60. The van der Waals surface area contributed by atoms with E-state index in [0.29, 0.717) is 15.4 Å². The third-order valence-electron chi connectivity index (χ3n) is 2.70. The highest BCUT2D eigenvalue weighted by molar-refractivity contribution is 9.10. The van der Waals surface area contributed by atoms with Gasteiger partial charge in [-0.3, -0.25) is 4.79 Å². The SMILES string of the molecule is COc1cc(F)c(-c2nc(SC)[nH]c(=O)c2C#N)cc1Br. The molecule has 0 amide bonds. The molecule has 1 aromatic carbocycles. The second-order valence-electron chi connectivity index (χ2n) is 3.88. The average Bonchev–Trinajstić information content (AvgIpc) is 2.48. The molecule has 0 aliphatic rings. The second-order valence-corrected chi connectivity index (χ2v) is 5.53. The third-order valence-corrected chi connectivity index (χ3v) is 3.90. The Hall–Kier alpha value is -1.85. The lowest BCUT2D eigenvalue weighted by molar-refractivity contribution is 0.409. The summed E-state index contributed by atoms with van der Waals surface area (Å²) < 4.78 is 19.7. The molecule has 108 valence electrons. The van der Waals surface area contributed by atoms with Crippen molar-refractivity contribution in [3.05, 3.63) is 38.3 Å². The predicted octanol–water partition coefficient (Wildman–Crippen LogP) is 2.94. The lowest BCUT2D eigenvalue weighted by Gasteiger charge is -2.09. The van der Waals surface area contributed by atoms with Crippen molar-refractivity contribution in [3.63, 3.8) is 0 Å². The number of hydrogen-bond acceptors (Lipinski definition) is 5. The van der Waals surface area contributed by atoms with Crippen LogP contribution in [-0.4, -0.2) is 23.3 Å². The Labute approximate surface area is 132 Å². The zero-order chi connectivity index (χ0) is 15.6. The Bertz CT molecular complexity index is 801. The van der Waals surface area contributed by atoms with Crippen LogP contribution in [0.15, 0.2) is 26.6 Å². The highest BCUT2D eigenvalue weighted by Crippen LogP contribution is 2.33. The number of benzene rings is 1. The van der Waals surface area contributed by atoms with Crippen molar-refractivity contribution in [1.82, 2.24) is 9.97 Å². The van der Waals surface area contributed by atoms with Gasteiger partial charge in [0.05, 0.1) is 17.3 Å². The minimum absolute atomic E-state index is 0.00598. The van der Waals surface area contributed by atoms with E-state index in [4.69, 9.17) is 10.00 Å². The van der Waals surface area contributed by atoms with Crippen molar-refractivity contribution >= 4 is 27.7 Å². The number of halogens is 2. The van der Waals surface area contributed by atoms with E-state index >= 15 is 0 Å². The number of H-pyrrole nitrogens is 1. The van der Waals surface area contributed by atoms with Gasteiger partial charge in [0.25, 0.3) is 5.56 Å². The van der Waals surface area contributed by atoms with Crippen LogP contribution in [0.25, 0.3) is 11.3 Å². The molecule has 0 bridgehead atoms. The van der Waals surface area contributed by atoms with Gasteiger partial charge in [0.15, 0.2) is 5.16 Å². The van der Waals surface area contributed by atoms with Gasteiger partial charge in [0.2, 0.25) is 0 Å². The van der Waals surface area contributed by atoms with E-state index in [1.807, 2.05) is 0 Å². The van der Waals surface area contributed by atoms with Crippen molar-refractivity contribution in [2.75, 3.05) is 13.4 Å². The molecule has 0 saturated carbocycles. The number of ether oxygens (including phenoxy) is 1. The summed E-state index contributed by atoms with van der Waals surface area (Å²) in [6, 6.07) is 4.36. The van der Waals surface area contributed by atoms with E-state index in [0.717, 1.165) is 0 Å². The monoisotopic (exact) mass is 369 g/mol. The summed E-state index contributed by atoms with van der Waals surface area (Å²) in [6.07, 6.45) is 1.72. The van der Waals surface area contributed by atoms with Gasteiger partial charge in [-0.25, -0.2) is 9.37 Å². The van der Waals surface area contributed by atoms with Crippen LogP contribution in [0.3, 0.4) is 0 Å². The second kappa shape index (κ2) is 6.28. The molecule has 0 fully saturated rings. The molecule has 1 heterocycles. The summed E-state index contributed by atoms with van der Waals surface area (Å²) in [7, 11) is 1.41. The molecular weight excluding hydrogens is 361 g/mol. The van der Waals surface area contributed by atoms with Gasteiger partial charge in [0.1, 0.15) is 23.2 Å². The van der Waals surface area contributed by atoms with Crippen molar-refractivity contribution in [2.24, 2.45) is 0 Å². The maximum Gasteiger partial charge on any atom is 0.270 e. The van der Waals surface area contributed by atoms with E-state index in [-0.39, 0.29) is 16.8 Å². The lowest BCUT2D eigenvalue weighted by Crippen LogP contribution is -2.15. The molecule has 0 radical (unpaired) electrons. The van der Waals surface area contributed by atoms with Crippen molar-refractivity contribution in [3.8, 4) is 23.1 Å². The van der Waals surface area contributed by atoms with Gasteiger partial charge in [-0.05, 0) is 28.3 Å². The van der Waals surface area contributed by atoms with Gasteiger partial charge < -0.3 is 9.72 Å². The molecule has 1 aromatic heterocycles. The Morgan fingerprint density at radius 3 is 2.81 bits per heavy atom. The summed E-state index contributed by atoms with van der Waals surface area (Å²) >= 11 is 4.44. The number of methoxy groups -OCH3 is 1. The van der Waals surface area contributed by atoms with Crippen LogP contribution >= 0.6 is 27.7 Å². The highest BCUT2D eigenvalue weighted by atomic mass is 79.9. The normalized spacial score (nSPS) is 10.2. The smallest absolute Gasteiger partial charge is 0.270 e. The molecule has 8 heteroatoms. The molecule has 5 nitrogen and oxygen atoms in total. The molecule has 0 atom stereocenters. The van der Waals surface area contributed by atoms with Gasteiger partial charge in [-0.2, -0.15) is 5.26 Å². The maximum atomic E-state index is 14.2. The van der Waals surface area contributed by atoms with Gasteiger partial charge in [0, 0.05) is 11.6 Å². The molecule has 1 N–H and O–H groups in total. The van der Waals surface area contributed by atoms with E-state index in [1.165, 1.54) is 31.0 Å². The van der Waals surface area contributed by atoms with E-state index in [2.05, 4.69) is 25.9 Å². The number of hydrogen-bond donors (Lipinski definition) is 1. The Balaban J connectivity index is 2.78. The molecule has 0 unspecified atom stereocenters. The van der Waals surface area contributed by atoms with Crippen LogP contribution in [0.4, 0.5) is 4.39 Å². The molecule has 0 aliphatic heterocycles. The van der Waals surface area contributed by atoms with Crippen LogP contribution in [0.5, 0.6) is 5.75 Å². The van der Waals surface area contributed by atoms with E-state index in [1.54, 1.807) is 12.3 Å². The number of nitrogens with one attached hydrogen (secondary N) is 1. The quantitative estimate of drug-likeness (QED) is 0.664. The predicted molar refractivity (Wildman–Crippen MR) is 81.0 cm³/mol. The summed E-state index contributed by atoms with van der Waals surface area (Å²) in [5, 5.41) is 9.42. The molecule has 2 aromatic rings. The molecule has 21 heavy (non-hydrogen) atoms. The highest BCUT2D eigenvalue weighted by Gasteiger charge is 2.18. The van der Waals surface area contributed by atoms with Gasteiger partial charge in [-0.15, -0.1) is 0 Å². The van der Waals surface area contributed by atoms with Gasteiger partial charge >= 0.3 is 0 Å². The topological polar surface area (TPSA) is 78.8 Å². The summed E-state index contributed by atoms with van der Waals surface area (Å²) in [6.45, 7) is 0. The average molecular weight is 370 g/mol. The first-order valence-electron chi connectivity index (χ1n) is 5.63. The minimum Gasteiger partial charge on any atom is -0.495 e. The zero-order valence-corrected chi connectivity index (χ0v) is 13.4. The number of thioether (sulfide) groups is 1. The summed E-state index contributed by atoms with van der Waals surface area (Å²) in [4.78, 5) is 18.4. The third kappa shape index (κ3) is 2.94. The van der Waals surface area contributed by atoms with Crippen LogP contribution in [-0.2, 0) is 0 Å². The van der Waals surface area contributed by atoms with E-state index < -0.39 is 11.4 Å². The zero-order valence-electron chi connectivity index (χ0n) is 11.0. The Kier molecular flexibility index (Phi) is 4.65. The van der Waals surface area contributed by atoms with Crippen LogP contribution in [0.1, 0.15) is 5.56 Å². The lowest BCUT2D eigenvalue weighted by atomic mass is 10.1. The fourth-order valence-electron chi connectivity index (χ4n) is 1.71. The summed E-state index contributed by atoms with van der Waals surface area (Å²) in [5.74, 6) is -0.318. The number of rotatable bonds is 3. The number of nitriles is 1. The minimum atomic E-state index is -0.628. The number of nitrogens with zero attached hydrogens (tertiary/aromatic N) is 2. The Morgan fingerprint density at radius 2 is 2.24 bits per heavy atom. The van der Waals surface area contributed by atoms with Crippen molar-refractivity contribution < 1.29 is 9.13 Å².